The van der Waals surface area contributed by atoms with Gasteiger partial charge in [0.25, 0.3) is 0 Å². The zero-order valence-electron chi connectivity index (χ0n) is 15.1. The van der Waals surface area contributed by atoms with Crippen molar-refractivity contribution in [2.45, 2.75) is 26.7 Å². The van der Waals surface area contributed by atoms with Gasteiger partial charge in [0.1, 0.15) is 0 Å². The highest BCUT2D eigenvalue weighted by atomic mass is 16.2. The predicted molar refractivity (Wildman–Crippen MR) is 99.0 cm³/mol. The fraction of sp³-hybridized carbons (Fsp3) is 0.579. The van der Waals surface area contributed by atoms with Gasteiger partial charge in [-0.3, -0.25) is 9.79 Å². The topological polar surface area (TPSA) is 56.7 Å². The molecule has 0 spiro atoms. The van der Waals surface area contributed by atoms with Crippen molar-refractivity contribution in [3.05, 3.63) is 35.9 Å². The molecule has 1 saturated heterocycles. The first-order valence-corrected chi connectivity index (χ1v) is 8.84. The molecule has 0 aromatic heterocycles. The lowest BCUT2D eigenvalue weighted by molar-refractivity contribution is -0.127. The van der Waals surface area contributed by atoms with E-state index in [0.717, 1.165) is 38.6 Å². The first kappa shape index (κ1) is 18.3. The normalized spacial score (nSPS) is 18.3. The average Bonchev–Trinajstić information content (AvgIpc) is 2.94. The van der Waals surface area contributed by atoms with Crippen molar-refractivity contribution >= 4 is 11.9 Å². The second kappa shape index (κ2) is 9.30. The van der Waals surface area contributed by atoms with Crippen LogP contribution >= 0.6 is 0 Å². The first-order valence-electron chi connectivity index (χ1n) is 8.84. The molecule has 132 valence electrons. The number of hydrogen-bond acceptors (Lipinski definition) is 2. The third-order valence-corrected chi connectivity index (χ3v) is 4.27. The number of nitrogens with zero attached hydrogens (tertiary/aromatic N) is 2. The van der Waals surface area contributed by atoms with Crippen LogP contribution in [0.5, 0.6) is 0 Å². The Bertz CT molecular complexity index is 542. The number of nitrogens with one attached hydrogen (secondary N) is 2. The summed E-state index contributed by atoms with van der Waals surface area (Å²) in [6.45, 7) is 7.65. The van der Waals surface area contributed by atoms with E-state index in [1.165, 1.54) is 5.56 Å². The molecule has 2 rings (SSSR count). The largest absolute Gasteiger partial charge is 0.356 e. The number of guanidine groups is 1. The summed E-state index contributed by atoms with van der Waals surface area (Å²) >= 11 is 0. The lowest BCUT2D eigenvalue weighted by Gasteiger charge is -2.18. The summed E-state index contributed by atoms with van der Waals surface area (Å²) in [5.41, 5.74) is 1.28. The van der Waals surface area contributed by atoms with Crippen LogP contribution in [0.4, 0.5) is 0 Å². The van der Waals surface area contributed by atoms with Crippen molar-refractivity contribution in [3.8, 4) is 0 Å². The summed E-state index contributed by atoms with van der Waals surface area (Å²) in [5, 5.41) is 6.64. The van der Waals surface area contributed by atoms with E-state index in [4.69, 9.17) is 0 Å². The van der Waals surface area contributed by atoms with Gasteiger partial charge >= 0.3 is 0 Å². The molecule has 0 bridgehead atoms. The Kier molecular flexibility index (Phi) is 7.09. The molecule has 2 N–H and O–H groups in total. The van der Waals surface area contributed by atoms with Crippen molar-refractivity contribution in [2.75, 3.05) is 33.2 Å². The molecule has 0 saturated carbocycles. The summed E-state index contributed by atoms with van der Waals surface area (Å²) in [7, 11) is 1.78. The van der Waals surface area contributed by atoms with Gasteiger partial charge in [0, 0.05) is 45.6 Å². The van der Waals surface area contributed by atoms with Crippen LogP contribution in [-0.2, 0) is 11.2 Å². The van der Waals surface area contributed by atoms with Crippen LogP contribution in [0.15, 0.2) is 35.3 Å². The van der Waals surface area contributed by atoms with Gasteiger partial charge in [0.2, 0.25) is 5.91 Å². The summed E-state index contributed by atoms with van der Waals surface area (Å²) in [6.07, 6.45) is 1.55. The highest BCUT2D eigenvalue weighted by molar-refractivity contribution is 5.80. The number of amides is 1. The Hall–Kier alpha value is -2.04. The smallest absolute Gasteiger partial charge is 0.223 e. The maximum absolute atomic E-state index is 12.2. The molecule has 1 aromatic carbocycles. The second-order valence-corrected chi connectivity index (χ2v) is 6.87. The van der Waals surface area contributed by atoms with E-state index >= 15 is 0 Å². The van der Waals surface area contributed by atoms with Crippen LogP contribution in [0.25, 0.3) is 0 Å². The van der Waals surface area contributed by atoms with Crippen LogP contribution in [0.2, 0.25) is 0 Å². The third-order valence-electron chi connectivity index (χ3n) is 4.27. The summed E-state index contributed by atoms with van der Waals surface area (Å²) in [5.74, 6) is 2.01. The molecule has 24 heavy (non-hydrogen) atoms. The van der Waals surface area contributed by atoms with Crippen molar-refractivity contribution in [1.29, 1.82) is 0 Å². The minimum Gasteiger partial charge on any atom is -0.356 e. The highest BCUT2D eigenvalue weighted by Gasteiger charge is 2.29. The van der Waals surface area contributed by atoms with Crippen LogP contribution in [0.3, 0.4) is 0 Å². The molecular weight excluding hydrogens is 300 g/mol. The van der Waals surface area contributed by atoms with Crippen molar-refractivity contribution in [1.82, 2.24) is 15.5 Å². The van der Waals surface area contributed by atoms with Crippen molar-refractivity contribution < 1.29 is 4.79 Å². The highest BCUT2D eigenvalue weighted by Crippen LogP contribution is 2.17. The van der Waals surface area contributed by atoms with E-state index in [2.05, 4.69) is 41.6 Å². The van der Waals surface area contributed by atoms with Gasteiger partial charge in [-0.15, -0.1) is 0 Å². The second-order valence-electron chi connectivity index (χ2n) is 6.87. The maximum Gasteiger partial charge on any atom is 0.223 e. The van der Waals surface area contributed by atoms with E-state index in [9.17, 15) is 4.79 Å². The lowest BCUT2D eigenvalue weighted by atomic mass is 10.1. The average molecular weight is 330 g/mol. The molecule has 1 fully saturated rings. The number of likely N-dealkylation sites (tertiary alicyclic amines) is 1. The standard InChI is InChI=1S/C19H30N4O/c1-15(2)12-21-19(20-3)22-13-17-11-18(24)23(14-17)10-9-16-7-5-4-6-8-16/h4-8,15,17H,9-14H2,1-3H3,(H2,20,21,22). The number of aliphatic imine (C=N–C) groups is 1. The van der Waals surface area contributed by atoms with Gasteiger partial charge in [-0.25, -0.2) is 0 Å². The molecule has 1 amide bonds. The van der Waals surface area contributed by atoms with E-state index in [1.54, 1.807) is 7.05 Å². The molecule has 0 radical (unpaired) electrons. The number of rotatable bonds is 7. The van der Waals surface area contributed by atoms with Crippen LogP contribution in [0, 0.1) is 11.8 Å². The molecule has 1 aliphatic rings. The fourth-order valence-electron chi connectivity index (χ4n) is 2.88. The van der Waals surface area contributed by atoms with Gasteiger partial charge in [-0.05, 0) is 17.9 Å². The van der Waals surface area contributed by atoms with Crippen LogP contribution in [-0.4, -0.2) is 50.0 Å². The SMILES string of the molecule is CN=C(NCC(C)C)NCC1CC(=O)N(CCc2ccccc2)C1. The third kappa shape index (κ3) is 5.87. The number of carbonyl (C=O) groups is 1. The van der Waals surface area contributed by atoms with E-state index in [0.29, 0.717) is 18.3 Å². The van der Waals surface area contributed by atoms with Crippen molar-refractivity contribution in [2.24, 2.45) is 16.8 Å². The molecule has 5 nitrogen and oxygen atoms in total. The minimum atomic E-state index is 0.267. The fourth-order valence-corrected chi connectivity index (χ4v) is 2.88. The van der Waals surface area contributed by atoms with Crippen molar-refractivity contribution in [3.63, 3.8) is 0 Å². The Morgan fingerprint density at radius 3 is 2.71 bits per heavy atom. The quantitative estimate of drug-likeness (QED) is 0.593. The summed E-state index contributed by atoms with van der Waals surface area (Å²) in [4.78, 5) is 18.4. The van der Waals surface area contributed by atoms with Gasteiger partial charge in [0.15, 0.2) is 5.96 Å². The Morgan fingerprint density at radius 2 is 2.04 bits per heavy atom. The molecule has 1 unspecified atom stereocenters. The minimum absolute atomic E-state index is 0.267. The van der Waals surface area contributed by atoms with Crippen LogP contribution in [0.1, 0.15) is 25.8 Å². The van der Waals surface area contributed by atoms with E-state index in [-0.39, 0.29) is 5.91 Å². The summed E-state index contributed by atoms with van der Waals surface area (Å²) < 4.78 is 0. The number of benzene rings is 1. The molecular formula is C19H30N4O. The zero-order valence-corrected chi connectivity index (χ0v) is 15.1. The Balaban J connectivity index is 1.73. The van der Waals surface area contributed by atoms with Crippen LogP contribution < -0.4 is 10.6 Å². The van der Waals surface area contributed by atoms with E-state index < -0.39 is 0 Å². The molecule has 1 atom stereocenters. The molecule has 1 aliphatic heterocycles. The predicted octanol–water partition coefficient (Wildman–Crippen LogP) is 1.90. The monoisotopic (exact) mass is 330 g/mol. The first-order chi connectivity index (χ1) is 11.6. The van der Waals surface area contributed by atoms with Gasteiger partial charge in [-0.2, -0.15) is 0 Å². The van der Waals surface area contributed by atoms with E-state index in [1.807, 2.05) is 23.1 Å². The molecule has 1 aromatic rings. The molecule has 5 heteroatoms. The maximum atomic E-state index is 12.2. The molecule has 1 heterocycles. The Labute approximate surface area is 145 Å². The van der Waals surface area contributed by atoms with Gasteiger partial charge in [-0.1, -0.05) is 44.2 Å². The van der Waals surface area contributed by atoms with Gasteiger partial charge < -0.3 is 15.5 Å². The molecule has 0 aliphatic carbocycles. The lowest BCUT2D eigenvalue weighted by Crippen LogP contribution is -2.41. The van der Waals surface area contributed by atoms with Gasteiger partial charge in [0.05, 0.1) is 0 Å². The Morgan fingerprint density at radius 1 is 1.29 bits per heavy atom. The number of carbonyl (C=O) groups excluding carboxylic acids is 1. The number of hydrogen-bond donors (Lipinski definition) is 2. The summed E-state index contributed by atoms with van der Waals surface area (Å²) in [6, 6.07) is 10.3. The zero-order chi connectivity index (χ0) is 17.4.